The van der Waals surface area contributed by atoms with Gasteiger partial charge in [0, 0.05) is 66.8 Å². The standard InChI is InChI=1S/C28H26F3N7O/c1-37-9-11-38(12-10-37)18-21-7-8-24(15-25(21)28(29,30)31)35-27(39)34-23-4-2-3-19(14-23)5-6-20-13-22-17-33-36-26(22)32-16-20/h2-4,7-8,13-17H,9-12,18H2,1H3,(H,32,33,36)(H2,34,35,39). The smallest absolute Gasteiger partial charge is 0.308 e. The summed E-state index contributed by atoms with van der Waals surface area (Å²) in [5.74, 6) is 6.05. The molecule has 2 aromatic heterocycles. The number of aromatic nitrogens is 3. The molecule has 8 nitrogen and oxygen atoms in total. The van der Waals surface area contributed by atoms with E-state index >= 15 is 0 Å². The maximum absolute atomic E-state index is 13.9. The van der Waals surface area contributed by atoms with E-state index < -0.39 is 17.8 Å². The van der Waals surface area contributed by atoms with Crippen LogP contribution in [0.3, 0.4) is 0 Å². The van der Waals surface area contributed by atoms with Crippen molar-refractivity contribution in [1.29, 1.82) is 0 Å². The number of alkyl halides is 3. The van der Waals surface area contributed by atoms with Crippen molar-refractivity contribution in [1.82, 2.24) is 25.0 Å². The summed E-state index contributed by atoms with van der Waals surface area (Å²) in [6.45, 7) is 3.24. The van der Waals surface area contributed by atoms with E-state index in [1.54, 1.807) is 36.7 Å². The molecule has 0 saturated carbocycles. The summed E-state index contributed by atoms with van der Waals surface area (Å²) < 4.78 is 41.6. The van der Waals surface area contributed by atoms with Gasteiger partial charge < -0.3 is 15.5 Å². The zero-order chi connectivity index (χ0) is 27.4. The second kappa shape index (κ2) is 11.1. The van der Waals surface area contributed by atoms with E-state index in [0.717, 1.165) is 24.5 Å². The molecule has 1 aliphatic rings. The molecule has 39 heavy (non-hydrogen) atoms. The molecule has 1 fully saturated rings. The van der Waals surface area contributed by atoms with Gasteiger partial charge in [0.15, 0.2) is 5.65 Å². The summed E-state index contributed by atoms with van der Waals surface area (Å²) in [6.07, 6.45) is -1.25. The van der Waals surface area contributed by atoms with E-state index in [4.69, 9.17) is 0 Å². The predicted molar refractivity (Wildman–Crippen MR) is 143 cm³/mol. The highest BCUT2D eigenvalue weighted by Gasteiger charge is 2.34. The molecule has 11 heteroatoms. The Morgan fingerprint density at radius 2 is 1.72 bits per heavy atom. The number of piperazine rings is 1. The lowest BCUT2D eigenvalue weighted by Gasteiger charge is -2.33. The normalized spacial score (nSPS) is 14.6. The number of fused-ring (bicyclic) bond motifs is 1. The van der Waals surface area contributed by atoms with E-state index in [2.05, 4.69) is 42.6 Å². The molecule has 0 bridgehead atoms. The number of anilines is 2. The van der Waals surface area contributed by atoms with Crippen LogP contribution in [0.5, 0.6) is 0 Å². The number of carbonyl (C=O) groups is 1. The van der Waals surface area contributed by atoms with Crippen molar-refractivity contribution in [3.63, 3.8) is 0 Å². The van der Waals surface area contributed by atoms with Crippen LogP contribution in [0, 0.1) is 11.8 Å². The number of benzene rings is 2. The lowest BCUT2D eigenvalue weighted by molar-refractivity contribution is -0.138. The number of H-pyrrole nitrogens is 1. The van der Waals surface area contributed by atoms with Gasteiger partial charge in [-0.3, -0.25) is 10.00 Å². The van der Waals surface area contributed by atoms with Crippen LogP contribution >= 0.6 is 0 Å². The third-order valence-electron chi connectivity index (χ3n) is 6.43. The number of rotatable bonds is 4. The van der Waals surface area contributed by atoms with E-state index in [9.17, 15) is 18.0 Å². The number of aromatic amines is 1. The van der Waals surface area contributed by atoms with Crippen molar-refractivity contribution in [3.05, 3.63) is 83.2 Å². The molecule has 3 heterocycles. The number of hydrogen-bond donors (Lipinski definition) is 3. The maximum atomic E-state index is 13.9. The number of hydrogen-bond acceptors (Lipinski definition) is 5. The van der Waals surface area contributed by atoms with Gasteiger partial charge in [0.25, 0.3) is 0 Å². The van der Waals surface area contributed by atoms with Crippen LogP contribution in [0.2, 0.25) is 0 Å². The lowest BCUT2D eigenvalue weighted by Crippen LogP contribution is -2.44. The fourth-order valence-electron chi connectivity index (χ4n) is 4.32. The third kappa shape index (κ3) is 6.73. The number of nitrogens with one attached hydrogen (secondary N) is 3. The molecule has 0 atom stereocenters. The van der Waals surface area contributed by atoms with Crippen molar-refractivity contribution >= 4 is 28.4 Å². The first kappa shape index (κ1) is 26.2. The first-order valence-corrected chi connectivity index (χ1v) is 12.3. The van der Waals surface area contributed by atoms with Gasteiger partial charge in [0.05, 0.1) is 11.8 Å². The summed E-state index contributed by atoms with van der Waals surface area (Å²) in [6, 6.07) is 12.0. The Balaban J connectivity index is 1.25. The molecule has 1 aliphatic heterocycles. The number of pyridine rings is 1. The Kier molecular flexibility index (Phi) is 7.49. The van der Waals surface area contributed by atoms with Crippen LogP contribution in [0.25, 0.3) is 11.0 Å². The second-order valence-electron chi connectivity index (χ2n) is 9.39. The van der Waals surface area contributed by atoms with Crippen LogP contribution < -0.4 is 10.6 Å². The van der Waals surface area contributed by atoms with E-state index in [-0.39, 0.29) is 17.8 Å². The number of likely N-dealkylation sites (N-methyl/N-ethyl adjacent to an activating group) is 1. The van der Waals surface area contributed by atoms with Gasteiger partial charge in [-0.2, -0.15) is 18.3 Å². The molecule has 200 valence electrons. The monoisotopic (exact) mass is 533 g/mol. The molecule has 4 aromatic rings. The van der Waals surface area contributed by atoms with Crippen molar-refractivity contribution in [3.8, 4) is 11.8 Å². The van der Waals surface area contributed by atoms with Crippen molar-refractivity contribution in [2.24, 2.45) is 0 Å². The molecular weight excluding hydrogens is 507 g/mol. The molecule has 0 radical (unpaired) electrons. The zero-order valence-corrected chi connectivity index (χ0v) is 21.1. The Morgan fingerprint density at radius 1 is 0.974 bits per heavy atom. The lowest BCUT2D eigenvalue weighted by atomic mass is 10.0. The van der Waals surface area contributed by atoms with Gasteiger partial charge in [0.2, 0.25) is 0 Å². The third-order valence-corrected chi connectivity index (χ3v) is 6.43. The first-order chi connectivity index (χ1) is 18.7. The number of urea groups is 1. The van der Waals surface area contributed by atoms with Crippen LogP contribution in [-0.2, 0) is 12.7 Å². The molecule has 2 amide bonds. The van der Waals surface area contributed by atoms with Crippen LogP contribution in [-0.4, -0.2) is 64.2 Å². The number of nitrogens with zero attached hydrogens (tertiary/aromatic N) is 4. The van der Waals surface area contributed by atoms with Gasteiger partial charge >= 0.3 is 12.2 Å². The van der Waals surface area contributed by atoms with E-state index in [1.807, 2.05) is 18.0 Å². The fourth-order valence-corrected chi connectivity index (χ4v) is 4.32. The van der Waals surface area contributed by atoms with Crippen molar-refractivity contribution in [2.75, 3.05) is 43.9 Å². The minimum Gasteiger partial charge on any atom is -0.308 e. The molecule has 2 aromatic carbocycles. The second-order valence-corrected chi connectivity index (χ2v) is 9.39. The Hall–Kier alpha value is -4.40. The Labute approximate surface area is 223 Å². The Morgan fingerprint density at radius 3 is 2.49 bits per heavy atom. The number of halogens is 3. The van der Waals surface area contributed by atoms with Crippen LogP contribution in [0.15, 0.2) is 60.9 Å². The first-order valence-electron chi connectivity index (χ1n) is 12.3. The summed E-state index contributed by atoms with van der Waals surface area (Å²) in [5, 5.41) is 12.7. The number of carbonyl (C=O) groups excluding carboxylic acids is 1. The topological polar surface area (TPSA) is 89.2 Å². The molecule has 0 aliphatic carbocycles. The minimum absolute atomic E-state index is 0.0556. The maximum Gasteiger partial charge on any atom is 0.416 e. The molecule has 1 saturated heterocycles. The molecule has 3 N–H and O–H groups in total. The summed E-state index contributed by atoms with van der Waals surface area (Å²) in [5.41, 5.74) is 1.96. The highest BCUT2D eigenvalue weighted by Crippen LogP contribution is 2.34. The highest BCUT2D eigenvalue weighted by atomic mass is 19.4. The summed E-state index contributed by atoms with van der Waals surface area (Å²) in [7, 11) is 1.99. The van der Waals surface area contributed by atoms with E-state index in [0.29, 0.717) is 35.6 Å². The van der Waals surface area contributed by atoms with Gasteiger partial charge in [-0.25, -0.2) is 9.78 Å². The van der Waals surface area contributed by atoms with Gasteiger partial charge in [0.1, 0.15) is 0 Å². The minimum atomic E-state index is -4.54. The van der Waals surface area contributed by atoms with Gasteiger partial charge in [-0.1, -0.05) is 24.0 Å². The van der Waals surface area contributed by atoms with Crippen molar-refractivity contribution < 1.29 is 18.0 Å². The van der Waals surface area contributed by atoms with Gasteiger partial charge in [-0.05, 0) is 49.0 Å². The SMILES string of the molecule is CN1CCN(Cc2ccc(NC(=O)Nc3cccc(C#Cc4cnc5[nH]ncc5c4)c3)cc2C(F)(F)F)CC1. The molecule has 0 spiro atoms. The summed E-state index contributed by atoms with van der Waals surface area (Å²) >= 11 is 0. The summed E-state index contributed by atoms with van der Waals surface area (Å²) in [4.78, 5) is 21.0. The Bertz CT molecular complexity index is 1550. The molecule has 0 unspecified atom stereocenters. The average Bonchev–Trinajstić information content (AvgIpc) is 3.37. The van der Waals surface area contributed by atoms with Crippen molar-refractivity contribution in [2.45, 2.75) is 12.7 Å². The number of amides is 2. The zero-order valence-electron chi connectivity index (χ0n) is 21.1. The molecule has 5 rings (SSSR count). The van der Waals surface area contributed by atoms with Gasteiger partial charge in [-0.15, -0.1) is 0 Å². The van der Waals surface area contributed by atoms with Crippen LogP contribution in [0.4, 0.5) is 29.3 Å². The average molecular weight is 534 g/mol. The largest absolute Gasteiger partial charge is 0.416 e. The van der Waals surface area contributed by atoms with E-state index in [1.165, 1.54) is 12.1 Å². The highest BCUT2D eigenvalue weighted by molar-refractivity contribution is 5.99. The van der Waals surface area contributed by atoms with Crippen LogP contribution in [0.1, 0.15) is 22.3 Å². The fraction of sp³-hybridized carbons (Fsp3) is 0.250. The molecular formula is C28H26F3N7O. The quantitative estimate of drug-likeness (QED) is 0.329. The predicted octanol–water partition coefficient (Wildman–Crippen LogP) is 4.77.